The van der Waals surface area contributed by atoms with Gasteiger partial charge in [0.25, 0.3) is 5.91 Å². The lowest BCUT2D eigenvalue weighted by Crippen LogP contribution is -2.21. The van der Waals surface area contributed by atoms with E-state index < -0.39 is 18.5 Å². The van der Waals surface area contributed by atoms with Crippen LogP contribution in [-0.4, -0.2) is 32.7 Å². The molecule has 2 aromatic rings. The fraction of sp³-hybridized carbons (Fsp3) is 0.381. The highest BCUT2D eigenvalue weighted by molar-refractivity contribution is 7.16. The maximum Gasteiger partial charge on any atom is 0.342 e. The van der Waals surface area contributed by atoms with Gasteiger partial charge in [0.2, 0.25) is 0 Å². The van der Waals surface area contributed by atoms with E-state index in [0.717, 1.165) is 29.7 Å². The number of anilines is 1. The molecular formula is C21H22N2O5S. The van der Waals surface area contributed by atoms with Crippen LogP contribution in [0.25, 0.3) is 0 Å². The summed E-state index contributed by atoms with van der Waals surface area (Å²) in [5.41, 5.74) is 1.75. The number of hydrogen-bond acceptors (Lipinski definition) is 7. The number of methoxy groups -OCH3 is 2. The van der Waals surface area contributed by atoms with E-state index in [-0.39, 0.29) is 5.56 Å². The molecular weight excluding hydrogens is 392 g/mol. The number of nitrogens with one attached hydrogen (secondary N) is 1. The van der Waals surface area contributed by atoms with E-state index in [1.807, 2.05) is 0 Å². The lowest BCUT2D eigenvalue weighted by Gasteiger charge is -2.17. The summed E-state index contributed by atoms with van der Waals surface area (Å²) in [7, 11) is 2.94. The van der Waals surface area contributed by atoms with E-state index in [1.165, 1.54) is 31.6 Å². The highest BCUT2D eigenvalue weighted by atomic mass is 32.1. The first-order valence-corrected chi connectivity index (χ1v) is 10.0. The van der Waals surface area contributed by atoms with Crippen molar-refractivity contribution in [3.05, 3.63) is 39.8 Å². The summed E-state index contributed by atoms with van der Waals surface area (Å²) in [5.74, 6) is 0.225. The fourth-order valence-electron chi connectivity index (χ4n) is 3.30. The summed E-state index contributed by atoms with van der Waals surface area (Å²) >= 11 is 1.43. The smallest absolute Gasteiger partial charge is 0.342 e. The lowest BCUT2D eigenvalue weighted by atomic mass is 9.89. The Kier molecular flexibility index (Phi) is 6.39. The average Bonchev–Trinajstić information content (AvgIpc) is 3.07. The lowest BCUT2D eigenvalue weighted by molar-refractivity contribution is -0.119. The molecule has 1 aliphatic rings. The second kappa shape index (κ2) is 8.97. The van der Waals surface area contributed by atoms with E-state index >= 15 is 0 Å². The Morgan fingerprint density at radius 1 is 1.31 bits per heavy atom. The molecule has 152 valence electrons. The number of carbonyl (C=O) groups is 2. The van der Waals surface area contributed by atoms with Gasteiger partial charge >= 0.3 is 5.97 Å². The zero-order chi connectivity index (χ0) is 21.0. The summed E-state index contributed by atoms with van der Waals surface area (Å²) in [5, 5.41) is 12.7. The number of thiophene rings is 1. The van der Waals surface area contributed by atoms with Crippen LogP contribution in [0.2, 0.25) is 0 Å². The number of fused-ring (bicyclic) bond motifs is 1. The number of amides is 1. The summed E-state index contributed by atoms with van der Waals surface area (Å²) in [4.78, 5) is 25.8. The summed E-state index contributed by atoms with van der Waals surface area (Å²) in [6.07, 6.45) is 2.79. The Balaban J connectivity index is 1.65. The number of nitrogens with zero attached hydrogens (tertiary/aromatic N) is 1. The number of ether oxygens (including phenoxy) is 3. The van der Waals surface area contributed by atoms with Gasteiger partial charge in [-0.05, 0) is 42.9 Å². The molecule has 8 heteroatoms. The third kappa shape index (κ3) is 4.51. The molecule has 0 unspecified atom stereocenters. The second-order valence-corrected chi connectivity index (χ2v) is 7.96. The van der Waals surface area contributed by atoms with Gasteiger partial charge in [-0.2, -0.15) is 5.26 Å². The number of hydrogen-bond donors (Lipinski definition) is 1. The molecule has 1 aromatic carbocycles. The van der Waals surface area contributed by atoms with Crippen molar-refractivity contribution in [3.63, 3.8) is 0 Å². The van der Waals surface area contributed by atoms with Crippen LogP contribution in [-0.2, 0) is 22.4 Å². The van der Waals surface area contributed by atoms with Crippen molar-refractivity contribution < 1.29 is 23.8 Å². The van der Waals surface area contributed by atoms with Crippen molar-refractivity contribution in [2.45, 2.75) is 26.2 Å². The first-order valence-electron chi connectivity index (χ1n) is 9.20. The number of rotatable bonds is 6. The van der Waals surface area contributed by atoms with Gasteiger partial charge in [-0.25, -0.2) is 4.79 Å². The van der Waals surface area contributed by atoms with Crippen LogP contribution in [0.1, 0.15) is 39.7 Å². The van der Waals surface area contributed by atoms with Crippen molar-refractivity contribution >= 4 is 28.2 Å². The van der Waals surface area contributed by atoms with Gasteiger partial charge in [0.1, 0.15) is 28.1 Å². The molecule has 1 heterocycles. The minimum Gasteiger partial charge on any atom is -0.497 e. The third-order valence-corrected chi connectivity index (χ3v) is 6.01. The topological polar surface area (TPSA) is 97.6 Å². The van der Waals surface area contributed by atoms with Crippen LogP contribution in [0.5, 0.6) is 11.5 Å². The summed E-state index contributed by atoms with van der Waals surface area (Å²) in [6, 6.07) is 6.88. The van der Waals surface area contributed by atoms with E-state index in [4.69, 9.17) is 14.2 Å². The zero-order valence-electron chi connectivity index (χ0n) is 16.5. The number of esters is 1. The van der Waals surface area contributed by atoms with Crippen molar-refractivity contribution in [3.8, 4) is 17.6 Å². The van der Waals surface area contributed by atoms with Crippen LogP contribution in [0.4, 0.5) is 5.00 Å². The van der Waals surface area contributed by atoms with Gasteiger partial charge in [-0.1, -0.05) is 6.92 Å². The molecule has 1 N–H and O–H groups in total. The Bertz CT molecular complexity index is 976. The minimum atomic E-state index is -0.681. The molecule has 0 saturated heterocycles. The molecule has 0 fully saturated rings. The molecule has 29 heavy (non-hydrogen) atoms. The fourth-order valence-corrected chi connectivity index (χ4v) is 4.67. The highest BCUT2D eigenvalue weighted by Gasteiger charge is 2.25. The summed E-state index contributed by atoms with van der Waals surface area (Å²) in [6.45, 7) is 1.72. The van der Waals surface area contributed by atoms with E-state index in [1.54, 1.807) is 12.1 Å². The van der Waals surface area contributed by atoms with E-state index in [9.17, 15) is 14.9 Å². The van der Waals surface area contributed by atoms with Crippen LogP contribution in [0.3, 0.4) is 0 Å². The third-order valence-electron chi connectivity index (χ3n) is 4.84. The molecule has 1 amide bonds. The Morgan fingerprint density at radius 2 is 2.10 bits per heavy atom. The SMILES string of the molecule is COc1ccc(C(=O)OCC(=O)Nc2sc3c(c2C#N)CC[C@@H](C)C3)c(OC)c1. The van der Waals surface area contributed by atoms with Gasteiger partial charge < -0.3 is 19.5 Å². The number of nitriles is 1. The van der Waals surface area contributed by atoms with Crippen LogP contribution in [0, 0.1) is 17.2 Å². The molecule has 0 bridgehead atoms. The molecule has 1 aliphatic carbocycles. The number of benzene rings is 1. The van der Waals surface area contributed by atoms with Crippen molar-refractivity contribution in [2.75, 3.05) is 26.1 Å². The van der Waals surface area contributed by atoms with Crippen LogP contribution in [0.15, 0.2) is 18.2 Å². The largest absolute Gasteiger partial charge is 0.497 e. The number of carbonyl (C=O) groups excluding carboxylic acids is 2. The van der Waals surface area contributed by atoms with Crippen molar-refractivity contribution in [1.29, 1.82) is 5.26 Å². The molecule has 0 aliphatic heterocycles. The Labute approximate surface area is 173 Å². The zero-order valence-corrected chi connectivity index (χ0v) is 17.4. The van der Waals surface area contributed by atoms with Crippen molar-refractivity contribution in [2.24, 2.45) is 5.92 Å². The highest BCUT2D eigenvalue weighted by Crippen LogP contribution is 2.39. The molecule has 3 rings (SSSR count). The summed E-state index contributed by atoms with van der Waals surface area (Å²) < 4.78 is 15.4. The van der Waals surface area contributed by atoms with Gasteiger partial charge in [0.05, 0.1) is 19.8 Å². The average molecular weight is 414 g/mol. The first-order chi connectivity index (χ1) is 14.0. The quantitative estimate of drug-likeness (QED) is 0.726. The molecule has 0 saturated carbocycles. The molecule has 0 radical (unpaired) electrons. The van der Waals surface area contributed by atoms with Crippen molar-refractivity contribution in [1.82, 2.24) is 0 Å². The van der Waals surface area contributed by atoms with E-state index in [0.29, 0.717) is 28.0 Å². The van der Waals surface area contributed by atoms with Gasteiger partial charge in [-0.3, -0.25) is 4.79 Å². The molecule has 1 atom stereocenters. The van der Waals surface area contributed by atoms with E-state index in [2.05, 4.69) is 18.3 Å². The van der Waals surface area contributed by atoms with Crippen LogP contribution < -0.4 is 14.8 Å². The molecule has 7 nitrogen and oxygen atoms in total. The van der Waals surface area contributed by atoms with Gasteiger partial charge in [-0.15, -0.1) is 11.3 Å². The van der Waals surface area contributed by atoms with Gasteiger partial charge in [0.15, 0.2) is 6.61 Å². The predicted molar refractivity (Wildman–Crippen MR) is 109 cm³/mol. The maximum absolute atomic E-state index is 12.3. The Hall–Kier alpha value is -3.05. The predicted octanol–water partition coefficient (Wildman–Crippen LogP) is 3.56. The second-order valence-electron chi connectivity index (χ2n) is 6.86. The monoisotopic (exact) mass is 414 g/mol. The first kappa shape index (κ1) is 20.7. The van der Waals surface area contributed by atoms with Gasteiger partial charge in [0, 0.05) is 10.9 Å². The maximum atomic E-state index is 12.3. The van der Waals surface area contributed by atoms with Crippen LogP contribution >= 0.6 is 11.3 Å². The molecule has 1 aromatic heterocycles. The minimum absolute atomic E-state index is 0.194. The normalized spacial score (nSPS) is 15.0. The molecule has 0 spiro atoms. The Morgan fingerprint density at radius 3 is 2.79 bits per heavy atom. The standard InChI is InChI=1S/C21H22N2O5S/c1-12-4-6-14-16(10-22)20(29-18(14)8-12)23-19(24)11-28-21(25)15-7-5-13(26-2)9-17(15)27-3/h5,7,9,12H,4,6,8,11H2,1-3H3,(H,23,24)/t12-/m1/s1.